The molecule has 0 bridgehead atoms. The summed E-state index contributed by atoms with van der Waals surface area (Å²) >= 11 is 0. The Labute approximate surface area is 65.9 Å². The van der Waals surface area contributed by atoms with Crippen molar-refractivity contribution in [2.75, 3.05) is 0 Å². The summed E-state index contributed by atoms with van der Waals surface area (Å²) in [7, 11) is 0. The van der Waals surface area contributed by atoms with Gasteiger partial charge in [-0.2, -0.15) is 19.1 Å². The zero-order valence-corrected chi connectivity index (χ0v) is 5.80. The molecule has 0 spiro atoms. The lowest BCUT2D eigenvalue weighted by Crippen LogP contribution is -2.08. The SMILES string of the molecule is NOc1cc(C(F)(F)F)ccn1. The van der Waals surface area contributed by atoms with Crippen LogP contribution in [0.2, 0.25) is 0 Å². The number of nitrogens with zero attached hydrogens (tertiary/aromatic N) is 1. The van der Waals surface area contributed by atoms with Crippen LogP contribution in [0.15, 0.2) is 18.3 Å². The van der Waals surface area contributed by atoms with E-state index in [1.54, 1.807) is 0 Å². The molecule has 2 N–H and O–H groups in total. The maximum Gasteiger partial charge on any atom is 0.416 e. The normalized spacial score (nSPS) is 11.3. The zero-order valence-electron chi connectivity index (χ0n) is 5.80. The lowest BCUT2D eigenvalue weighted by atomic mass is 10.2. The van der Waals surface area contributed by atoms with Crippen LogP contribution in [0.25, 0.3) is 0 Å². The van der Waals surface area contributed by atoms with Crippen molar-refractivity contribution in [2.24, 2.45) is 5.90 Å². The van der Waals surface area contributed by atoms with Gasteiger partial charge in [-0.15, -0.1) is 0 Å². The summed E-state index contributed by atoms with van der Waals surface area (Å²) in [5, 5.41) is 0. The van der Waals surface area contributed by atoms with Gasteiger partial charge in [-0.3, -0.25) is 0 Å². The first kappa shape index (κ1) is 8.79. The molecule has 12 heavy (non-hydrogen) atoms. The van der Waals surface area contributed by atoms with Crippen molar-refractivity contribution in [3.05, 3.63) is 23.9 Å². The highest BCUT2D eigenvalue weighted by Crippen LogP contribution is 2.29. The molecule has 6 heteroatoms. The summed E-state index contributed by atoms with van der Waals surface area (Å²) in [6, 6.07) is 1.56. The van der Waals surface area contributed by atoms with Crippen LogP contribution in [0.4, 0.5) is 13.2 Å². The first-order valence-electron chi connectivity index (χ1n) is 2.94. The van der Waals surface area contributed by atoms with Crippen LogP contribution >= 0.6 is 0 Å². The third kappa shape index (κ3) is 1.85. The zero-order chi connectivity index (χ0) is 9.19. The Morgan fingerprint density at radius 1 is 1.42 bits per heavy atom. The van der Waals surface area contributed by atoms with Crippen molar-refractivity contribution >= 4 is 0 Å². The average Bonchev–Trinajstić information content (AvgIpc) is 2.03. The number of halogens is 3. The van der Waals surface area contributed by atoms with Gasteiger partial charge in [-0.05, 0) is 6.07 Å². The number of hydrogen-bond donors (Lipinski definition) is 1. The van der Waals surface area contributed by atoms with E-state index >= 15 is 0 Å². The Kier molecular flexibility index (Phi) is 2.18. The van der Waals surface area contributed by atoms with Crippen LogP contribution in [-0.2, 0) is 6.18 Å². The molecule has 1 heterocycles. The van der Waals surface area contributed by atoms with Gasteiger partial charge in [0.15, 0.2) is 0 Å². The summed E-state index contributed by atoms with van der Waals surface area (Å²) < 4.78 is 35.9. The second kappa shape index (κ2) is 2.98. The molecule has 0 aromatic carbocycles. The molecule has 0 atom stereocenters. The fraction of sp³-hybridized carbons (Fsp3) is 0.167. The Balaban J connectivity index is 3.02. The molecule has 1 aromatic heterocycles. The Hall–Kier alpha value is -1.30. The molecule has 0 amide bonds. The van der Waals surface area contributed by atoms with E-state index < -0.39 is 11.7 Å². The summed E-state index contributed by atoms with van der Waals surface area (Å²) in [4.78, 5) is 7.46. The minimum atomic E-state index is -4.39. The molecule has 0 fully saturated rings. The summed E-state index contributed by atoms with van der Waals surface area (Å²) in [6.45, 7) is 0. The van der Waals surface area contributed by atoms with E-state index in [1.165, 1.54) is 0 Å². The molecule has 0 aliphatic carbocycles. The van der Waals surface area contributed by atoms with Crippen molar-refractivity contribution in [2.45, 2.75) is 6.18 Å². The number of aromatic nitrogens is 1. The summed E-state index contributed by atoms with van der Waals surface area (Å²) in [6.07, 6.45) is -3.42. The van der Waals surface area contributed by atoms with E-state index in [-0.39, 0.29) is 5.88 Å². The van der Waals surface area contributed by atoms with E-state index in [4.69, 9.17) is 0 Å². The van der Waals surface area contributed by atoms with Gasteiger partial charge in [-0.1, -0.05) is 0 Å². The van der Waals surface area contributed by atoms with Gasteiger partial charge in [0.25, 0.3) is 0 Å². The number of rotatable bonds is 1. The van der Waals surface area contributed by atoms with E-state index in [1.807, 2.05) is 0 Å². The molecule has 1 rings (SSSR count). The molecule has 0 saturated heterocycles. The van der Waals surface area contributed by atoms with Gasteiger partial charge in [0.1, 0.15) is 0 Å². The van der Waals surface area contributed by atoms with E-state index in [0.29, 0.717) is 0 Å². The van der Waals surface area contributed by atoms with Gasteiger partial charge in [0.05, 0.1) is 5.56 Å². The third-order valence-electron chi connectivity index (χ3n) is 1.18. The predicted octanol–water partition coefficient (Wildman–Crippen LogP) is 1.35. The van der Waals surface area contributed by atoms with Crippen LogP contribution in [0, 0.1) is 0 Å². The maximum atomic E-state index is 12.0. The van der Waals surface area contributed by atoms with Gasteiger partial charge in [0, 0.05) is 12.3 Å². The van der Waals surface area contributed by atoms with Crippen LogP contribution in [0.5, 0.6) is 5.88 Å². The fourth-order valence-corrected chi connectivity index (χ4v) is 0.650. The minimum Gasteiger partial charge on any atom is -0.391 e. The number of alkyl halides is 3. The van der Waals surface area contributed by atoms with Crippen LogP contribution in [-0.4, -0.2) is 4.98 Å². The van der Waals surface area contributed by atoms with Crippen molar-refractivity contribution in [3.8, 4) is 5.88 Å². The van der Waals surface area contributed by atoms with Crippen molar-refractivity contribution in [1.29, 1.82) is 0 Å². The number of nitrogens with two attached hydrogens (primary N) is 1. The van der Waals surface area contributed by atoms with E-state index in [9.17, 15) is 13.2 Å². The second-order valence-corrected chi connectivity index (χ2v) is 2.00. The Bertz CT molecular complexity index is 274. The lowest BCUT2D eigenvalue weighted by molar-refractivity contribution is -0.137. The number of pyridine rings is 1. The predicted molar refractivity (Wildman–Crippen MR) is 34.1 cm³/mol. The molecule has 1 aromatic rings. The van der Waals surface area contributed by atoms with Gasteiger partial charge < -0.3 is 4.84 Å². The molecular formula is C6H5F3N2O. The number of hydrogen-bond acceptors (Lipinski definition) is 3. The van der Waals surface area contributed by atoms with Gasteiger partial charge in [0.2, 0.25) is 5.88 Å². The topological polar surface area (TPSA) is 48.1 Å². The lowest BCUT2D eigenvalue weighted by Gasteiger charge is -2.06. The first-order chi connectivity index (χ1) is 5.54. The van der Waals surface area contributed by atoms with Gasteiger partial charge >= 0.3 is 6.18 Å². The molecular weight excluding hydrogens is 173 g/mol. The Morgan fingerprint density at radius 3 is 2.58 bits per heavy atom. The molecule has 0 aliphatic rings. The monoisotopic (exact) mass is 178 g/mol. The standard InChI is InChI=1S/C6H5F3N2O/c7-6(8,9)4-1-2-11-5(3-4)12-10/h1-3H,10H2. The van der Waals surface area contributed by atoms with E-state index in [2.05, 4.69) is 15.7 Å². The second-order valence-electron chi connectivity index (χ2n) is 2.00. The summed E-state index contributed by atoms with van der Waals surface area (Å²) in [5.41, 5.74) is -0.835. The molecule has 0 aliphatic heterocycles. The molecule has 3 nitrogen and oxygen atoms in total. The quantitative estimate of drug-likeness (QED) is 0.660. The van der Waals surface area contributed by atoms with Crippen molar-refractivity contribution in [1.82, 2.24) is 4.98 Å². The fourth-order valence-electron chi connectivity index (χ4n) is 0.650. The van der Waals surface area contributed by atoms with Crippen molar-refractivity contribution in [3.63, 3.8) is 0 Å². The molecule has 0 unspecified atom stereocenters. The van der Waals surface area contributed by atoms with E-state index in [0.717, 1.165) is 18.3 Å². The highest BCUT2D eigenvalue weighted by Gasteiger charge is 2.30. The smallest absolute Gasteiger partial charge is 0.391 e. The van der Waals surface area contributed by atoms with Crippen LogP contribution in [0.3, 0.4) is 0 Å². The molecule has 66 valence electrons. The summed E-state index contributed by atoms with van der Waals surface area (Å²) in [5.74, 6) is 4.37. The molecule has 0 radical (unpaired) electrons. The average molecular weight is 178 g/mol. The maximum absolute atomic E-state index is 12.0. The van der Waals surface area contributed by atoms with Crippen molar-refractivity contribution < 1.29 is 18.0 Å². The highest BCUT2D eigenvalue weighted by molar-refractivity contribution is 5.22. The van der Waals surface area contributed by atoms with Gasteiger partial charge in [-0.25, -0.2) is 4.98 Å². The largest absolute Gasteiger partial charge is 0.416 e. The van der Waals surface area contributed by atoms with Crippen LogP contribution < -0.4 is 10.7 Å². The first-order valence-corrected chi connectivity index (χ1v) is 2.94. The third-order valence-corrected chi connectivity index (χ3v) is 1.18. The van der Waals surface area contributed by atoms with Crippen LogP contribution in [0.1, 0.15) is 5.56 Å². The molecule has 0 saturated carbocycles. The highest BCUT2D eigenvalue weighted by atomic mass is 19.4. The Morgan fingerprint density at radius 2 is 2.08 bits per heavy atom. The minimum absolute atomic E-state index is 0.259.